The minimum Gasteiger partial charge on any atom is -0.394 e. The molecule has 10 heteroatoms. The molecule has 1 fully saturated rings. The Morgan fingerprint density at radius 3 is 1.24 bits per heavy atom. The molecule has 1 amide bonds. The number of nitrogens with one attached hydrogen (secondary N) is 1. The summed E-state index contributed by atoms with van der Waals surface area (Å²) in [5.74, 6) is -0.629. The van der Waals surface area contributed by atoms with E-state index in [1.54, 1.807) is 6.08 Å². The Morgan fingerprint density at radius 2 is 0.843 bits per heavy atom. The molecular weight excluding hydrogens is 879 g/mol. The second-order valence-electron chi connectivity index (χ2n) is 20.6. The maximum absolute atomic E-state index is 13.1. The fourth-order valence-corrected chi connectivity index (χ4v) is 9.19. The number of ether oxygens (including phenoxy) is 2. The Balaban J connectivity index is 2.21. The van der Waals surface area contributed by atoms with E-state index >= 15 is 0 Å². The Kier molecular flexibility index (Phi) is 46.6. The van der Waals surface area contributed by atoms with Gasteiger partial charge in [0.1, 0.15) is 30.5 Å². The van der Waals surface area contributed by atoms with Crippen molar-refractivity contribution in [3.63, 3.8) is 0 Å². The number of carbonyl (C=O) groups excluding carboxylic acids is 1. The molecule has 0 aromatic carbocycles. The molecule has 70 heavy (non-hydrogen) atoms. The van der Waals surface area contributed by atoms with Gasteiger partial charge in [0.2, 0.25) is 5.91 Å². The van der Waals surface area contributed by atoms with Crippen LogP contribution < -0.4 is 5.32 Å². The van der Waals surface area contributed by atoms with Crippen molar-refractivity contribution in [2.75, 3.05) is 13.2 Å². The van der Waals surface area contributed by atoms with Crippen LogP contribution in [0.5, 0.6) is 0 Å². The average Bonchev–Trinajstić information content (AvgIpc) is 3.36. The molecule has 0 saturated carbocycles. The van der Waals surface area contributed by atoms with Crippen molar-refractivity contribution in [1.82, 2.24) is 5.32 Å². The molecule has 1 heterocycles. The summed E-state index contributed by atoms with van der Waals surface area (Å²) in [5.41, 5.74) is 0. The number of hydrogen-bond donors (Lipinski definition) is 7. The predicted octanol–water partition coefficient (Wildman–Crippen LogP) is 13.5. The standard InChI is InChI=1S/C60H111NO9/c1-3-5-7-9-11-13-15-17-19-20-21-22-23-24-25-26-27-28-29-30-31-32-33-35-37-39-41-43-45-47-49-54(64)59(68)61-52(51-69-60-58(67)57(66)56(65)55(50-62)70-60)53(63)48-46-44-42-40-38-36-34-18-16-14-12-10-8-6-4-2/h16,18,24-25,38,40,46,48,52-58,60,62-67H,3-15,17,19-23,26-37,39,41-45,47,49-51H2,1-2H3,(H,61,68)/b18-16+,25-24-,40-38+,48-46+. The van der Waals surface area contributed by atoms with Gasteiger partial charge in [-0.3, -0.25) is 4.79 Å². The van der Waals surface area contributed by atoms with Crippen molar-refractivity contribution in [2.45, 2.75) is 313 Å². The second kappa shape index (κ2) is 49.3. The molecule has 7 N–H and O–H groups in total. The van der Waals surface area contributed by atoms with Crippen LogP contribution in [0.1, 0.15) is 264 Å². The zero-order valence-corrected chi connectivity index (χ0v) is 45.1. The quantitative estimate of drug-likeness (QED) is 0.0232. The van der Waals surface area contributed by atoms with Gasteiger partial charge in [-0.15, -0.1) is 0 Å². The van der Waals surface area contributed by atoms with Gasteiger partial charge in [0.25, 0.3) is 0 Å². The minimum absolute atomic E-state index is 0.301. The van der Waals surface area contributed by atoms with Crippen LogP contribution in [0.25, 0.3) is 0 Å². The minimum atomic E-state index is -1.62. The highest BCUT2D eigenvalue weighted by Gasteiger charge is 2.44. The summed E-state index contributed by atoms with van der Waals surface area (Å²) < 4.78 is 11.2. The molecule has 0 aromatic heterocycles. The number of allylic oxidation sites excluding steroid dienone is 7. The molecule has 0 radical (unpaired) electrons. The summed E-state index contributed by atoms with van der Waals surface area (Å²) >= 11 is 0. The lowest BCUT2D eigenvalue weighted by atomic mass is 9.99. The Labute approximate surface area is 429 Å². The average molecular weight is 991 g/mol. The SMILES string of the molecule is CCCCCCC/C=C/CC/C=C/CC/C=C/C(O)C(COC1OC(CO)C(O)C(O)C1O)NC(=O)C(O)CCCCCCCCCCCCCCCC/C=C\CCCCCCCCCCCCCC. The Hall–Kier alpha value is -1.89. The fourth-order valence-electron chi connectivity index (χ4n) is 9.19. The first-order chi connectivity index (χ1) is 34.3. The number of amides is 1. The van der Waals surface area contributed by atoms with E-state index in [0.717, 1.165) is 44.9 Å². The third-order valence-electron chi connectivity index (χ3n) is 14.0. The summed E-state index contributed by atoms with van der Waals surface area (Å²) in [6.07, 6.45) is 55.2. The highest BCUT2D eigenvalue weighted by Crippen LogP contribution is 2.23. The molecule has 8 unspecified atom stereocenters. The highest BCUT2D eigenvalue weighted by atomic mass is 16.7. The molecule has 1 rings (SSSR count). The van der Waals surface area contributed by atoms with Crippen LogP contribution in [-0.2, 0) is 14.3 Å². The summed E-state index contributed by atoms with van der Waals surface area (Å²) in [4.78, 5) is 13.1. The number of unbranched alkanes of at least 4 members (excludes halogenated alkanes) is 33. The molecule has 0 spiro atoms. The van der Waals surface area contributed by atoms with Crippen molar-refractivity contribution in [2.24, 2.45) is 0 Å². The lowest BCUT2D eigenvalue weighted by molar-refractivity contribution is -0.302. The molecule has 8 atom stereocenters. The summed E-state index contributed by atoms with van der Waals surface area (Å²) in [7, 11) is 0. The number of hydrogen-bond acceptors (Lipinski definition) is 9. The van der Waals surface area contributed by atoms with Crippen molar-refractivity contribution in [3.8, 4) is 0 Å². The highest BCUT2D eigenvalue weighted by molar-refractivity contribution is 5.80. The number of rotatable bonds is 50. The molecular formula is C60H111NO9. The van der Waals surface area contributed by atoms with Crippen LogP contribution in [0.4, 0.5) is 0 Å². The largest absolute Gasteiger partial charge is 0.394 e. The second-order valence-corrected chi connectivity index (χ2v) is 20.6. The first-order valence-electron chi connectivity index (χ1n) is 29.5. The zero-order valence-electron chi connectivity index (χ0n) is 45.1. The van der Waals surface area contributed by atoms with Crippen molar-refractivity contribution in [3.05, 3.63) is 48.6 Å². The first-order valence-corrected chi connectivity index (χ1v) is 29.5. The van der Waals surface area contributed by atoms with Gasteiger partial charge in [0.05, 0.1) is 25.4 Å². The van der Waals surface area contributed by atoms with E-state index in [1.807, 2.05) is 6.08 Å². The molecule has 0 aromatic rings. The molecule has 410 valence electrons. The van der Waals surface area contributed by atoms with Crippen LogP contribution >= 0.6 is 0 Å². The van der Waals surface area contributed by atoms with Gasteiger partial charge in [-0.25, -0.2) is 0 Å². The molecule has 1 aliphatic heterocycles. The Bertz CT molecular complexity index is 1260. The van der Waals surface area contributed by atoms with E-state index < -0.39 is 61.5 Å². The number of aliphatic hydroxyl groups is 6. The van der Waals surface area contributed by atoms with E-state index in [2.05, 4.69) is 55.6 Å². The summed E-state index contributed by atoms with van der Waals surface area (Å²) in [6, 6.07) is -1.00. The maximum Gasteiger partial charge on any atom is 0.249 e. The topological polar surface area (TPSA) is 169 Å². The van der Waals surface area contributed by atoms with Crippen LogP contribution in [0.15, 0.2) is 48.6 Å². The first kappa shape index (κ1) is 66.1. The van der Waals surface area contributed by atoms with E-state index in [1.165, 1.54) is 186 Å². The van der Waals surface area contributed by atoms with Gasteiger partial charge in [0, 0.05) is 0 Å². The van der Waals surface area contributed by atoms with Crippen LogP contribution in [0.3, 0.4) is 0 Å². The van der Waals surface area contributed by atoms with Gasteiger partial charge in [-0.05, 0) is 70.6 Å². The van der Waals surface area contributed by atoms with E-state index in [4.69, 9.17) is 9.47 Å². The van der Waals surface area contributed by atoms with E-state index in [9.17, 15) is 35.4 Å². The smallest absolute Gasteiger partial charge is 0.249 e. The monoisotopic (exact) mass is 990 g/mol. The van der Waals surface area contributed by atoms with Gasteiger partial charge in [-0.2, -0.15) is 0 Å². The Morgan fingerprint density at radius 1 is 0.486 bits per heavy atom. The van der Waals surface area contributed by atoms with Gasteiger partial charge < -0.3 is 45.4 Å². The lowest BCUT2D eigenvalue weighted by Crippen LogP contribution is -2.60. The molecule has 1 aliphatic rings. The van der Waals surface area contributed by atoms with Crippen molar-refractivity contribution >= 4 is 5.91 Å². The van der Waals surface area contributed by atoms with Gasteiger partial charge in [-0.1, -0.05) is 242 Å². The molecule has 10 nitrogen and oxygen atoms in total. The normalized spacial score (nSPS) is 20.1. The van der Waals surface area contributed by atoms with Gasteiger partial charge >= 0.3 is 0 Å². The molecule has 0 bridgehead atoms. The third-order valence-corrected chi connectivity index (χ3v) is 14.0. The van der Waals surface area contributed by atoms with Crippen molar-refractivity contribution in [1.29, 1.82) is 0 Å². The predicted molar refractivity (Wildman–Crippen MR) is 292 cm³/mol. The van der Waals surface area contributed by atoms with E-state index in [0.29, 0.717) is 19.3 Å². The van der Waals surface area contributed by atoms with E-state index in [-0.39, 0.29) is 6.61 Å². The van der Waals surface area contributed by atoms with Crippen molar-refractivity contribution < 1.29 is 44.9 Å². The molecule has 0 aliphatic carbocycles. The summed E-state index contributed by atoms with van der Waals surface area (Å²) in [5, 5.41) is 64.9. The van der Waals surface area contributed by atoms with Gasteiger partial charge in [0.15, 0.2) is 6.29 Å². The lowest BCUT2D eigenvalue weighted by Gasteiger charge is -2.40. The maximum atomic E-state index is 13.1. The fraction of sp³-hybridized carbons (Fsp3) is 0.850. The van der Waals surface area contributed by atoms with Crippen LogP contribution in [0, 0.1) is 0 Å². The number of aliphatic hydroxyl groups excluding tert-OH is 6. The third kappa shape index (κ3) is 37.8. The molecule has 1 saturated heterocycles. The summed E-state index contributed by atoms with van der Waals surface area (Å²) in [6.45, 7) is 3.59. The van der Waals surface area contributed by atoms with Crippen LogP contribution in [-0.4, -0.2) is 98.7 Å². The zero-order chi connectivity index (χ0) is 51.0. The number of carbonyl (C=O) groups is 1. The van der Waals surface area contributed by atoms with Crippen LogP contribution in [0.2, 0.25) is 0 Å².